The number of hydrogen-bond donors (Lipinski definition) is 4. The second-order valence-electron chi connectivity index (χ2n) is 9.68. The van der Waals surface area contributed by atoms with Crippen LogP contribution in [0.4, 0.5) is 5.82 Å². The number of aliphatic hydroxyl groups excluding tert-OH is 1. The monoisotopic (exact) mass is 577 g/mol. The van der Waals surface area contributed by atoms with Gasteiger partial charge in [-0.25, -0.2) is 15.1 Å². The van der Waals surface area contributed by atoms with Gasteiger partial charge in [0.05, 0.1) is 28.7 Å². The van der Waals surface area contributed by atoms with E-state index < -0.39 is 27.9 Å². The molecule has 1 aliphatic heterocycles. The van der Waals surface area contributed by atoms with Crippen molar-refractivity contribution in [2.45, 2.75) is 43.4 Å². The zero-order valence-electron chi connectivity index (χ0n) is 20.3. The summed E-state index contributed by atoms with van der Waals surface area (Å²) < 4.78 is 26.9. The highest BCUT2D eigenvalue weighted by Gasteiger charge is 2.39. The van der Waals surface area contributed by atoms with E-state index in [1.807, 2.05) is 35.7 Å². The summed E-state index contributed by atoms with van der Waals surface area (Å²) in [5.41, 5.74) is 1.97. The molecule has 0 bridgehead atoms. The summed E-state index contributed by atoms with van der Waals surface area (Å²) >= 11 is 7.66. The number of benzene rings is 1. The molecule has 0 spiro atoms. The maximum atomic E-state index is 13.6. The third-order valence-corrected chi connectivity index (χ3v) is 8.82. The maximum absolute atomic E-state index is 13.6. The molecule has 202 valence electrons. The zero-order chi connectivity index (χ0) is 26.9. The van der Waals surface area contributed by atoms with Gasteiger partial charge in [-0.2, -0.15) is 8.42 Å². The van der Waals surface area contributed by atoms with Crippen molar-refractivity contribution in [2.24, 2.45) is 11.1 Å². The first-order valence-corrected chi connectivity index (χ1v) is 14.9. The third kappa shape index (κ3) is 5.76. The number of nitrogens with one attached hydrogen (secondary N) is 2. The largest absolute Gasteiger partial charge is 0.393 e. The first-order chi connectivity index (χ1) is 18.1. The number of anilines is 1. The van der Waals surface area contributed by atoms with Gasteiger partial charge in [0.25, 0.3) is 0 Å². The van der Waals surface area contributed by atoms with E-state index in [0.29, 0.717) is 34.1 Å². The quantitative estimate of drug-likeness (QED) is 0.281. The van der Waals surface area contributed by atoms with Crippen molar-refractivity contribution >= 4 is 44.8 Å². The molecule has 1 aromatic carbocycles. The Labute approximate surface area is 229 Å². The number of nitrogens with two attached hydrogens (primary N) is 1. The smallest absolute Gasteiger partial charge is 0.333 e. The van der Waals surface area contributed by atoms with Crippen molar-refractivity contribution in [2.75, 3.05) is 18.5 Å². The highest BCUT2D eigenvalue weighted by atomic mass is 35.5. The van der Waals surface area contributed by atoms with Gasteiger partial charge in [0, 0.05) is 23.2 Å². The standard InChI is InChI=1S/C25H28ClN5O5S2/c26-18-4-1-3-16(8-18)25(5-2-6-30-25)17-9-22(37-13-17)23(33)20-11-28-14-29-24(20)31-19-7-15(21(32)10-19)12-36-38(27,34)35/h1,3-4,8-9,11,13-15,19,21,30,32H,2,5-7,10,12H2,(H2,27,34,35)(H,28,29,31)/t15-,19-,21+,25-/m1/s1. The molecular weight excluding hydrogens is 550 g/mol. The lowest BCUT2D eigenvalue weighted by Gasteiger charge is -2.30. The Kier molecular flexibility index (Phi) is 7.83. The zero-order valence-corrected chi connectivity index (χ0v) is 22.7. The number of ketones is 1. The average Bonchev–Trinajstić information content (AvgIpc) is 3.63. The minimum atomic E-state index is -4.10. The van der Waals surface area contributed by atoms with Gasteiger partial charge >= 0.3 is 10.3 Å². The number of aliphatic hydroxyl groups is 1. The van der Waals surface area contributed by atoms with Crippen molar-refractivity contribution in [1.29, 1.82) is 0 Å². The van der Waals surface area contributed by atoms with Gasteiger partial charge in [-0.1, -0.05) is 23.7 Å². The molecule has 0 radical (unpaired) electrons. The number of thiophene rings is 1. The SMILES string of the molecule is NS(=O)(=O)OC[C@H]1C[C@@H](Nc2ncncc2C(=O)c2cc([C@]3(c4cccc(Cl)c4)CCCN3)cs2)C[C@@H]1O. The molecule has 2 aromatic heterocycles. The lowest BCUT2D eigenvalue weighted by atomic mass is 9.83. The first kappa shape index (κ1) is 27.1. The van der Waals surface area contributed by atoms with Gasteiger partial charge in [0.2, 0.25) is 5.78 Å². The summed E-state index contributed by atoms with van der Waals surface area (Å²) in [5.74, 6) is -0.279. The fourth-order valence-corrected chi connectivity index (χ4v) is 6.84. The van der Waals surface area contributed by atoms with Gasteiger partial charge in [-0.15, -0.1) is 11.3 Å². The number of nitrogens with zero attached hydrogens (tertiary/aromatic N) is 2. The van der Waals surface area contributed by atoms with E-state index in [0.717, 1.165) is 30.5 Å². The van der Waals surface area contributed by atoms with Gasteiger partial charge in [0.15, 0.2) is 0 Å². The Morgan fingerprint density at radius 3 is 2.89 bits per heavy atom. The van der Waals surface area contributed by atoms with Crippen LogP contribution in [0.3, 0.4) is 0 Å². The van der Waals surface area contributed by atoms with Crippen LogP contribution in [0, 0.1) is 5.92 Å². The number of aromatic nitrogens is 2. The third-order valence-electron chi connectivity index (χ3n) is 7.19. The second kappa shape index (κ2) is 11.0. The Bertz CT molecular complexity index is 1430. The van der Waals surface area contributed by atoms with Crippen molar-refractivity contribution in [1.82, 2.24) is 15.3 Å². The highest BCUT2D eigenvalue weighted by Crippen LogP contribution is 2.41. The minimum absolute atomic E-state index is 0.212. The number of carbonyl (C=O) groups is 1. The number of carbonyl (C=O) groups excluding carboxylic acids is 1. The van der Waals surface area contributed by atoms with Crippen LogP contribution < -0.4 is 15.8 Å². The van der Waals surface area contributed by atoms with Crippen molar-refractivity contribution < 1.29 is 22.5 Å². The van der Waals surface area contributed by atoms with Crippen LogP contribution in [0.1, 0.15) is 52.0 Å². The van der Waals surface area contributed by atoms with E-state index in [1.165, 1.54) is 23.9 Å². The first-order valence-electron chi connectivity index (χ1n) is 12.2. The molecule has 2 fully saturated rings. The summed E-state index contributed by atoms with van der Waals surface area (Å²) in [4.78, 5) is 22.5. The summed E-state index contributed by atoms with van der Waals surface area (Å²) in [6.07, 6.45) is 4.70. The lowest BCUT2D eigenvalue weighted by Crippen LogP contribution is -2.37. The van der Waals surface area contributed by atoms with E-state index in [2.05, 4.69) is 24.8 Å². The molecule has 5 rings (SSSR count). The van der Waals surface area contributed by atoms with Crippen LogP contribution in [-0.2, 0) is 20.0 Å². The van der Waals surface area contributed by atoms with Gasteiger partial charge in [0.1, 0.15) is 12.1 Å². The molecule has 0 amide bonds. The normalized spacial score (nSPS) is 25.5. The molecular formula is C25H28ClN5O5S2. The second-order valence-corrected chi connectivity index (χ2v) is 12.2. The Morgan fingerprint density at radius 2 is 2.16 bits per heavy atom. The molecule has 3 heterocycles. The van der Waals surface area contributed by atoms with E-state index in [9.17, 15) is 18.3 Å². The van der Waals surface area contributed by atoms with Crippen LogP contribution in [0.2, 0.25) is 5.02 Å². The van der Waals surface area contributed by atoms with Crippen LogP contribution in [0.5, 0.6) is 0 Å². The number of rotatable bonds is 9. The molecule has 1 saturated carbocycles. The molecule has 0 unspecified atom stereocenters. The van der Waals surface area contributed by atoms with Gasteiger partial charge < -0.3 is 15.7 Å². The molecule has 10 nitrogen and oxygen atoms in total. The molecule has 13 heteroatoms. The summed E-state index contributed by atoms with van der Waals surface area (Å²) in [6.45, 7) is 0.650. The Hall–Kier alpha value is -2.45. The minimum Gasteiger partial charge on any atom is -0.393 e. The van der Waals surface area contributed by atoms with E-state index in [4.69, 9.17) is 16.7 Å². The van der Waals surface area contributed by atoms with Gasteiger partial charge in [-0.05, 0) is 66.9 Å². The fourth-order valence-electron chi connectivity index (χ4n) is 5.36. The van der Waals surface area contributed by atoms with Crippen molar-refractivity contribution in [3.63, 3.8) is 0 Å². The lowest BCUT2D eigenvalue weighted by molar-refractivity contribution is 0.101. The van der Waals surface area contributed by atoms with Gasteiger partial charge in [-0.3, -0.25) is 8.98 Å². The molecule has 4 atom stereocenters. The topological polar surface area (TPSA) is 157 Å². The van der Waals surface area contributed by atoms with E-state index in [1.54, 1.807) is 0 Å². The summed E-state index contributed by atoms with van der Waals surface area (Å²) in [5, 5.41) is 24.8. The predicted molar refractivity (Wildman–Crippen MR) is 144 cm³/mol. The van der Waals surface area contributed by atoms with E-state index >= 15 is 0 Å². The Morgan fingerprint density at radius 1 is 1.32 bits per heavy atom. The average molecular weight is 578 g/mol. The highest BCUT2D eigenvalue weighted by molar-refractivity contribution is 7.84. The molecule has 38 heavy (non-hydrogen) atoms. The van der Waals surface area contributed by atoms with Crippen LogP contribution >= 0.6 is 22.9 Å². The maximum Gasteiger partial charge on any atom is 0.333 e. The van der Waals surface area contributed by atoms with Crippen LogP contribution in [-0.4, -0.2) is 54.6 Å². The molecule has 3 aromatic rings. The fraction of sp³-hybridized carbons (Fsp3) is 0.400. The number of hydrogen-bond acceptors (Lipinski definition) is 10. The molecule has 2 aliphatic rings. The summed E-state index contributed by atoms with van der Waals surface area (Å²) in [6, 6.07) is 9.47. The molecule has 5 N–H and O–H groups in total. The van der Waals surface area contributed by atoms with Crippen LogP contribution in [0.15, 0.2) is 48.2 Å². The number of halogens is 1. The van der Waals surface area contributed by atoms with Crippen molar-refractivity contribution in [3.05, 3.63) is 74.8 Å². The summed E-state index contributed by atoms with van der Waals surface area (Å²) in [7, 11) is -4.10. The van der Waals surface area contributed by atoms with Crippen LogP contribution in [0.25, 0.3) is 0 Å². The van der Waals surface area contributed by atoms with Crippen molar-refractivity contribution in [3.8, 4) is 0 Å². The van der Waals surface area contributed by atoms with E-state index in [-0.39, 0.29) is 18.4 Å². The Balaban J connectivity index is 1.35. The predicted octanol–water partition coefficient (Wildman–Crippen LogP) is 2.82. The molecule has 1 aliphatic carbocycles. The molecule has 1 saturated heterocycles.